The van der Waals surface area contributed by atoms with Crippen LogP contribution in [0.5, 0.6) is 0 Å². The molecule has 1 aromatic rings. The molecule has 0 atom stereocenters. The van der Waals surface area contributed by atoms with E-state index >= 15 is 0 Å². The van der Waals surface area contributed by atoms with E-state index in [9.17, 15) is 4.79 Å². The van der Waals surface area contributed by atoms with Gasteiger partial charge in [-0.05, 0) is 42.2 Å². The average Bonchev–Trinajstić information content (AvgIpc) is 2.70. The molecule has 0 aliphatic heterocycles. The Morgan fingerprint density at radius 2 is 2.20 bits per heavy atom. The molecular formula is C11H15NO2S. The Morgan fingerprint density at radius 3 is 2.93 bits per heavy atom. The summed E-state index contributed by atoms with van der Waals surface area (Å²) in [5.41, 5.74) is 2.61. The van der Waals surface area contributed by atoms with E-state index in [1.165, 1.54) is 36.1 Å². The van der Waals surface area contributed by atoms with Crippen LogP contribution in [0.15, 0.2) is 5.38 Å². The average molecular weight is 225 g/mol. The Bertz CT molecular complexity index is 373. The van der Waals surface area contributed by atoms with Gasteiger partial charge in [0.2, 0.25) is 0 Å². The third-order valence-electron chi connectivity index (χ3n) is 2.86. The van der Waals surface area contributed by atoms with Gasteiger partial charge in [0.1, 0.15) is 0 Å². The van der Waals surface area contributed by atoms with Gasteiger partial charge in [0.05, 0.1) is 12.0 Å². The first kappa shape index (κ1) is 10.6. The molecule has 2 rings (SSSR count). The van der Waals surface area contributed by atoms with Crippen molar-refractivity contribution in [1.82, 2.24) is 5.06 Å². The molecule has 0 spiro atoms. The van der Waals surface area contributed by atoms with Crippen LogP contribution >= 0.6 is 11.3 Å². The molecule has 0 unspecified atom stereocenters. The summed E-state index contributed by atoms with van der Waals surface area (Å²) in [6, 6.07) is 0. The van der Waals surface area contributed by atoms with E-state index in [1.54, 1.807) is 18.4 Å². The first-order valence-corrected chi connectivity index (χ1v) is 6.03. The molecule has 0 aromatic carbocycles. The molecule has 1 aliphatic rings. The molecule has 1 heterocycles. The SMILES string of the molecule is CON(C)C(=O)c1scc2c1CCCC2. The molecule has 1 aliphatic carbocycles. The smallest absolute Gasteiger partial charge is 0.274 e. The normalized spacial score (nSPS) is 14.8. The highest BCUT2D eigenvalue weighted by Gasteiger charge is 2.22. The van der Waals surface area contributed by atoms with Crippen molar-refractivity contribution in [1.29, 1.82) is 0 Å². The minimum absolute atomic E-state index is 0.0225. The summed E-state index contributed by atoms with van der Waals surface area (Å²) in [7, 11) is 3.16. The Hall–Kier alpha value is -0.870. The van der Waals surface area contributed by atoms with Crippen LogP contribution in [0.25, 0.3) is 0 Å². The zero-order chi connectivity index (χ0) is 10.8. The maximum atomic E-state index is 11.9. The van der Waals surface area contributed by atoms with Gasteiger partial charge in [-0.2, -0.15) is 0 Å². The third kappa shape index (κ3) is 1.92. The summed E-state index contributed by atoms with van der Waals surface area (Å²) in [5, 5.41) is 3.41. The van der Waals surface area contributed by atoms with Crippen molar-refractivity contribution in [3.05, 3.63) is 21.4 Å². The number of nitrogens with zero attached hydrogens (tertiary/aromatic N) is 1. The Balaban J connectivity index is 2.28. The van der Waals surface area contributed by atoms with Gasteiger partial charge < -0.3 is 0 Å². The second-order valence-corrected chi connectivity index (χ2v) is 4.64. The van der Waals surface area contributed by atoms with Gasteiger partial charge in [0, 0.05) is 7.05 Å². The number of hydrogen-bond acceptors (Lipinski definition) is 3. The first-order chi connectivity index (χ1) is 7.24. The highest BCUT2D eigenvalue weighted by Crippen LogP contribution is 2.30. The lowest BCUT2D eigenvalue weighted by Gasteiger charge is -2.16. The van der Waals surface area contributed by atoms with E-state index in [2.05, 4.69) is 5.38 Å². The van der Waals surface area contributed by atoms with E-state index < -0.39 is 0 Å². The van der Waals surface area contributed by atoms with Gasteiger partial charge in [-0.1, -0.05) is 0 Å². The molecular weight excluding hydrogens is 210 g/mol. The fourth-order valence-electron chi connectivity index (χ4n) is 1.92. The topological polar surface area (TPSA) is 29.5 Å². The molecule has 82 valence electrons. The van der Waals surface area contributed by atoms with Crippen molar-refractivity contribution in [2.45, 2.75) is 25.7 Å². The number of amides is 1. The lowest BCUT2D eigenvalue weighted by Crippen LogP contribution is -2.25. The molecule has 15 heavy (non-hydrogen) atoms. The monoisotopic (exact) mass is 225 g/mol. The number of carbonyl (C=O) groups excluding carboxylic acids is 1. The maximum absolute atomic E-state index is 11.9. The molecule has 0 fully saturated rings. The third-order valence-corrected chi connectivity index (χ3v) is 3.92. The molecule has 4 heteroatoms. The van der Waals surface area contributed by atoms with Crippen molar-refractivity contribution >= 4 is 17.2 Å². The number of hydrogen-bond donors (Lipinski definition) is 0. The molecule has 0 bridgehead atoms. The van der Waals surface area contributed by atoms with Crippen LogP contribution in [0.1, 0.15) is 33.6 Å². The zero-order valence-corrected chi connectivity index (χ0v) is 9.89. The van der Waals surface area contributed by atoms with Gasteiger partial charge in [-0.3, -0.25) is 9.63 Å². The zero-order valence-electron chi connectivity index (χ0n) is 9.08. The molecule has 3 nitrogen and oxygen atoms in total. The lowest BCUT2D eigenvalue weighted by molar-refractivity contribution is -0.0754. The van der Waals surface area contributed by atoms with Crippen LogP contribution in [0.2, 0.25) is 0 Å². The van der Waals surface area contributed by atoms with Gasteiger partial charge in [-0.15, -0.1) is 11.3 Å². The minimum Gasteiger partial charge on any atom is -0.274 e. The molecule has 1 amide bonds. The molecule has 0 radical (unpaired) electrons. The van der Waals surface area contributed by atoms with E-state index in [0.29, 0.717) is 0 Å². The number of fused-ring (bicyclic) bond motifs is 1. The molecule has 1 aromatic heterocycles. The van der Waals surface area contributed by atoms with Crippen LogP contribution < -0.4 is 0 Å². The number of thiophene rings is 1. The van der Waals surface area contributed by atoms with Crippen LogP contribution in [0.3, 0.4) is 0 Å². The second-order valence-electron chi connectivity index (χ2n) is 3.76. The predicted octanol–water partition coefficient (Wildman–Crippen LogP) is 2.26. The molecule has 0 N–H and O–H groups in total. The van der Waals surface area contributed by atoms with Crippen LogP contribution in [-0.2, 0) is 17.7 Å². The van der Waals surface area contributed by atoms with Gasteiger partial charge >= 0.3 is 0 Å². The van der Waals surface area contributed by atoms with Crippen molar-refractivity contribution in [2.75, 3.05) is 14.2 Å². The second kappa shape index (κ2) is 4.33. The Morgan fingerprint density at radius 1 is 1.47 bits per heavy atom. The number of hydroxylamine groups is 2. The Kier molecular flexibility index (Phi) is 3.07. The summed E-state index contributed by atoms with van der Waals surface area (Å²) < 4.78 is 0. The van der Waals surface area contributed by atoms with E-state index in [0.717, 1.165) is 17.7 Å². The Labute approximate surface area is 93.6 Å². The summed E-state index contributed by atoms with van der Waals surface area (Å²) >= 11 is 1.55. The van der Waals surface area contributed by atoms with Crippen molar-refractivity contribution in [3.8, 4) is 0 Å². The molecule has 0 saturated carbocycles. The fourth-order valence-corrected chi connectivity index (χ4v) is 3.05. The quantitative estimate of drug-likeness (QED) is 0.723. The first-order valence-electron chi connectivity index (χ1n) is 5.15. The van der Waals surface area contributed by atoms with Crippen LogP contribution in [-0.4, -0.2) is 25.1 Å². The maximum Gasteiger partial charge on any atom is 0.287 e. The minimum atomic E-state index is -0.0225. The van der Waals surface area contributed by atoms with Crippen molar-refractivity contribution < 1.29 is 9.63 Å². The number of rotatable bonds is 2. The fraction of sp³-hybridized carbons (Fsp3) is 0.545. The summed E-state index contributed by atoms with van der Waals surface area (Å²) in [4.78, 5) is 17.7. The number of carbonyl (C=O) groups is 1. The van der Waals surface area contributed by atoms with E-state index in [4.69, 9.17) is 4.84 Å². The highest BCUT2D eigenvalue weighted by molar-refractivity contribution is 7.12. The van der Waals surface area contributed by atoms with Gasteiger partial charge in [-0.25, -0.2) is 5.06 Å². The van der Waals surface area contributed by atoms with Crippen molar-refractivity contribution in [2.24, 2.45) is 0 Å². The van der Waals surface area contributed by atoms with Gasteiger partial charge in [0.15, 0.2) is 0 Å². The number of aryl methyl sites for hydroxylation is 1. The van der Waals surface area contributed by atoms with E-state index in [-0.39, 0.29) is 5.91 Å². The van der Waals surface area contributed by atoms with Crippen LogP contribution in [0, 0.1) is 0 Å². The lowest BCUT2D eigenvalue weighted by atomic mass is 9.94. The highest BCUT2D eigenvalue weighted by atomic mass is 32.1. The van der Waals surface area contributed by atoms with Crippen molar-refractivity contribution in [3.63, 3.8) is 0 Å². The summed E-state index contributed by atoms with van der Waals surface area (Å²) in [6.45, 7) is 0. The largest absolute Gasteiger partial charge is 0.287 e. The standard InChI is InChI=1S/C11H15NO2S/c1-12(14-2)11(13)10-9-6-4-3-5-8(9)7-15-10/h7H,3-6H2,1-2H3. The van der Waals surface area contributed by atoms with Crippen LogP contribution in [0.4, 0.5) is 0 Å². The summed E-state index contributed by atoms with van der Waals surface area (Å²) in [5.74, 6) is -0.0225. The van der Waals surface area contributed by atoms with Gasteiger partial charge in [0.25, 0.3) is 5.91 Å². The summed E-state index contributed by atoms with van der Waals surface area (Å²) in [6.07, 6.45) is 4.60. The predicted molar refractivity (Wildman–Crippen MR) is 60.1 cm³/mol. The van der Waals surface area contributed by atoms with E-state index in [1.807, 2.05) is 0 Å². The molecule has 0 saturated heterocycles.